The largest absolute Gasteiger partial charge is 0.408 e. The van der Waals surface area contributed by atoms with E-state index in [0.717, 1.165) is 18.4 Å². The monoisotopic (exact) mass is 324 g/mol. The molecule has 3 heterocycles. The molecule has 7 heteroatoms. The Bertz CT molecular complexity index is 733. The lowest BCUT2D eigenvalue weighted by atomic mass is 10.1. The lowest BCUT2D eigenvalue weighted by Crippen LogP contribution is -2.41. The number of aromatic nitrogens is 2. The van der Waals surface area contributed by atoms with E-state index in [9.17, 15) is 13.2 Å². The average molecular weight is 324 g/mol. The highest BCUT2D eigenvalue weighted by molar-refractivity contribution is 5.72. The Balaban J connectivity index is 1.85. The van der Waals surface area contributed by atoms with Gasteiger partial charge in [0.15, 0.2) is 5.65 Å². The molecule has 0 radical (unpaired) electrons. The minimum absolute atomic E-state index is 0.147. The molecule has 2 aromatic rings. The second kappa shape index (κ2) is 5.12. The van der Waals surface area contributed by atoms with Crippen molar-refractivity contribution in [2.24, 2.45) is 5.73 Å². The van der Waals surface area contributed by atoms with Gasteiger partial charge >= 0.3 is 6.18 Å². The summed E-state index contributed by atoms with van der Waals surface area (Å²) in [5.74, 6) is 0.466. The quantitative estimate of drug-likeness (QED) is 0.943. The van der Waals surface area contributed by atoms with E-state index in [1.165, 1.54) is 4.90 Å². The van der Waals surface area contributed by atoms with Crippen LogP contribution < -0.4 is 10.6 Å². The van der Waals surface area contributed by atoms with Crippen molar-refractivity contribution in [3.05, 3.63) is 29.7 Å². The Hall–Kier alpha value is -1.76. The van der Waals surface area contributed by atoms with Crippen LogP contribution in [0.15, 0.2) is 18.5 Å². The third-order valence-corrected chi connectivity index (χ3v) is 4.80. The van der Waals surface area contributed by atoms with E-state index in [2.05, 4.69) is 4.98 Å². The number of pyridine rings is 1. The molecule has 0 spiro atoms. The summed E-state index contributed by atoms with van der Waals surface area (Å²) in [4.78, 5) is 5.92. The van der Waals surface area contributed by atoms with Crippen LogP contribution in [0.1, 0.15) is 42.9 Å². The van der Waals surface area contributed by atoms with Gasteiger partial charge in [-0.1, -0.05) is 0 Å². The summed E-state index contributed by atoms with van der Waals surface area (Å²) < 4.78 is 41.9. The fourth-order valence-corrected chi connectivity index (χ4v) is 3.50. The normalized spacial score (nSPS) is 22.3. The van der Waals surface area contributed by atoms with Gasteiger partial charge in [-0.3, -0.25) is 0 Å². The molecule has 0 aromatic carbocycles. The maximum atomic E-state index is 13.4. The Morgan fingerprint density at radius 1 is 1.22 bits per heavy atom. The van der Waals surface area contributed by atoms with Crippen molar-refractivity contribution in [3.63, 3.8) is 0 Å². The number of alkyl halides is 3. The topological polar surface area (TPSA) is 46.6 Å². The van der Waals surface area contributed by atoms with Crippen molar-refractivity contribution in [1.82, 2.24) is 9.38 Å². The number of hydrogen-bond donors (Lipinski definition) is 1. The number of rotatable bonds is 3. The summed E-state index contributed by atoms with van der Waals surface area (Å²) in [6, 6.07) is 0.489. The molecule has 1 saturated heterocycles. The lowest BCUT2D eigenvalue weighted by Gasteiger charge is -2.29. The first-order chi connectivity index (χ1) is 11.0. The highest BCUT2D eigenvalue weighted by Crippen LogP contribution is 2.43. The van der Waals surface area contributed by atoms with Crippen molar-refractivity contribution in [3.8, 4) is 0 Å². The second-order valence-electron chi connectivity index (χ2n) is 6.49. The first kappa shape index (κ1) is 14.8. The van der Waals surface area contributed by atoms with Gasteiger partial charge in [0.25, 0.3) is 0 Å². The van der Waals surface area contributed by atoms with Crippen LogP contribution in [-0.4, -0.2) is 28.1 Å². The van der Waals surface area contributed by atoms with Crippen LogP contribution in [-0.2, 0) is 6.54 Å². The summed E-state index contributed by atoms with van der Waals surface area (Å²) in [5.41, 5.74) is 8.62. The van der Waals surface area contributed by atoms with Gasteiger partial charge in [0.1, 0.15) is 6.04 Å². The molecule has 2 fully saturated rings. The van der Waals surface area contributed by atoms with Gasteiger partial charge in [-0.05, 0) is 43.2 Å². The van der Waals surface area contributed by atoms with E-state index in [1.807, 2.05) is 22.9 Å². The molecule has 4 nitrogen and oxygen atoms in total. The Morgan fingerprint density at radius 3 is 2.65 bits per heavy atom. The van der Waals surface area contributed by atoms with Gasteiger partial charge in [-0.2, -0.15) is 13.2 Å². The smallest absolute Gasteiger partial charge is 0.357 e. The number of nitrogens with zero attached hydrogens (tertiary/aromatic N) is 3. The van der Waals surface area contributed by atoms with Crippen LogP contribution in [0, 0.1) is 0 Å². The minimum atomic E-state index is -4.22. The van der Waals surface area contributed by atoms with Crippen molar-refractivity contribution in [1.29, 1.82) is 0 Å². The number of hydrogen-bond acceptors (Lipinski definition) is 3. The third-order valence-electron chi connectivity index (χ3n) is 4.80. The molecule has 0 bridgehead atoms. The van der Waals surface area contributed by atoms with E-state index in [4.69, 9.17) is 5.73 Å². The van der Waals surface area contributed by atoms with Crippen molar-refractivity contribution >= 4 is 11.3 Å². The van der Waals surface area contributed by atoms with Gasteiger partial charge in [0, 0.05) is 25.5 Å². The summed E-state index contributed by atoms with van der Waals surface area (Å²) in [5, 5.41) is 0. The first-order valence-corrected chi connectivity index (χ1v) is 8.02. The number of imidazole rings is 1. The molecular formula is C16H19F3N4. The number of anilines is 1. The number of nitrogens with two attached hydrogens (primary N) is 1. The van der Waals surface area contributed by atoms with Gasteiger partial charge in [-0.15, -0.1) is 0 Å². The molecule has 2 N–H and O–H groups in total. The Morgan fingerprint density at radius 2 is 2.00 bits per heavy atom. The van der Waals surface area contributed by atoms with E-state index in [-0.39, 0.29) is 13.0 Å². The zero-order valence-corrected chi connectivity index (χ0v) is 12.7. The molecular weight excluding hydrogens is 305 g/mol. The van der Waals surface area contributed by atoms with Crippen molar-refractivity contribution < 1.29 is 13.2 Å². The van der Waals surface area contributed by atoms with Crippen LogP contribution in [0.5, 0.6) is 0 Å². The highest BCUT2D eigenvalue weighted by Gasteiger charge is 2.46. The van der Waals surface area contributed by atoms with Gasteiger partial charge in [0.05, 0.1) is 11.4 Å². The van der Waals surface area contributed by atoms with Gasteiger partial charge in [0.2, 0.25) is 0 Å². The minimum Gasteiger partial charge on any atom is -0.357 e. The predicted molar refractivity (Wildman–Crippen MR) is 81.5 cm³/mol. The number of halogens is 3. The summed E-state index contributed by atoms with van der Waals surface area (Å²) in [6.07, 6.45) is 2.50. The molecule has 1 aliphatic carbocycles. The van der Waals surface area contributed by atoms with Crippen LogP contribution in [0.4, 0.5) is 18.9 Å². The SMILES string of the molecule is NCc1cn2cc(C3CC3)cc(N3CCCC3C(F)(F)F)c2n1. The maximum Gasteiger partial charge on any atom is 0.408 e. The summed E-state index contributed by atoms with van der Waals surface area (Å²) >= 11 is 0. The van der Waals surface area contributed by atoms with E-state index < -0.39 is 12.2 Å². The molecule has 124 valence electrons. The van der Waals surface area contributed by atoms with E-state index in [0.29, 0.717) is 35.9 Å². The molecule has 4 rings (SSSR count). The fourth-order valence-electron chi connectivity index (χ4n) is 3.50. The molecule has 1 aliphatic heterocycles. The standard InChI is InChI=1S/C16H19F3N4/c17-16(18,19)14-2-1-5-23(14)13-6-11(10-3-4-10)8-22-9-12(7-20)21-15(13)22/h6,8-10,14H,1-5,7,20H2. The molecule has 1 saturated carbocycles. The third kappa shape index (κ3) is 2.56. The predicted octanol–water partition coefficient (Wildman–Crippen LogP) is 3.20. The van der Waals surface area contributed by atoms with E-state index in [1.54, 1.807) is 0 Å². The van der Waals surface area contributed by atoms with Crippen molar-refractivity contribution in [2.45, 2.75) is 50.4 Å². The average Bonchev–Trinajstić information content (AvgIpc) is 3.08. The Labute approximate surface area is 132 Å². The van der Waals surface area contributed by atoms with Crippen LogP contribution in [0.2, 0.25) is 0 Å². The molecule has 1 unspecified atom stereocenters. The second-order valence-corrected chi connectivity index (χ2v) is 6.49. The van der Waals surface area contributed by atoms with Crippen LogP contribution in [0.3, 0.4) is 0 Å². The molecule has 1 atom stereocenters. The van der Waals surface area contributed by atoms with Crippen LogP contribution >= 0.6 is 0 Å². The molecule has 2 aromatic heterocycles. The van der Waals surface area contributed by atoms with Gasteiger partial charge in [-0.25, -0.2) is 4.98 Å². The summed E-state index contributed by atoms with van der Waals surface area (Å²) in [6.45, 7) is 0.696. The number of fused-ring (bicyclic) bond motifs is 1. The fraction of sp³-hybridized carbons (Fsp3) is 0.562. The molecule has 2 aliphatic rings. The van der Waals surface area contributed by atoms with Crippen LogP contribution in [0.25, 0.3) is 5.65 Å². The van der Waals surface area contributed by atoms with E-state index >= 15 is 0 Å². The summed E-state index contributed by atoms with van der Waals surface area (Å²) in [7, 11) is 0. The maximum absolute atomic E-state index is 13.4. The lowest BCUT2D eigenvalue weighted by molar-refractivity contribution is -0.145. The first-order valence-electron chi connectivity index (χ1n) is 8.02. The van der Waals surface area contributed by atoms with Crippen molar-refractivity contribution in [2.75, 3.05) is 11.4 Å². The highest BCUT2D eigenvalue weighted by atomic mass is 19.4. The zero-order valence-electron chi connectivity index (χ0n) is 12.7. The van der Waals surface area contributed by atoms with Gasteiger partial charge < -0.3 is 15.0 Å². The Kier molecular flexibility index (Phi) is 3.30. The molecule has 23 heavy (non-hydrogen) atoms. The molecule has 0 amide bonds. The zero-order chi connectivity index (χ0) is 16.2.